The summed E-state index contributed by atoms with van der Waals surface area (Å²) in [6, 6.07) is 5.92. The second kappa shape index (κ2) is 6.71. The maximum Gasteiger partial charge on any atom is 0.228 e. The van der Waals surface area contributed by atoms with Crippen molar-refractivity contribution in [2.75, 3.05) is 18.5 Å². The van der Waals surface area contributed by atoms with E-state index in [2.05, 4.69) is 10.6 Å². The molecule has 0 spiro atoms. The molecule has 0 bridgehead atoms. The van der Waals surface area contributed by atoms with Crippen molar-refractivity contribution in [3.8, 4) is 0 Å². The van der Waals surface area contributed by atoms with Gasteiger partial charge in [0.15, 0.2) is 0 Å². The van der Waals surface area contributed by atoms with Gasteiger partial charge in [-0.25, -0.2) is 0 Å². The molecule has 1 aliphatic heterocycles. The molecule has 1 saturated carbocycles. The largest absolute Gasteiger partial charge is 0.376 e. The quantitative estimate of drug-likeness (QED) is 0.875. The van der Waals surface area contributed by atoms with Crippen LogP contribution in [0.3, 0.4) is 0 Å². The minimum Gasteiger partial charge on any atom is -0.376 e. The topological polar surface area (TPSA) is 67.4 Å². The van der Waals surface area contributed by atoms with Crippen LogP contribution >= 0.6 is 0 Å². The Labute approximate surface area is 136 Å². The smallest absolute Gasteiger partial charge is 0.228 e. The van der Waals surface area contributed by atoms with Gasteiger partial charge < -0.3 is 15.4 Å². The van der Waals surface area contributed by atoms with Crippen LogP contribution < -0.4 is 10.6 Å². The number of benzene rings is 1. The van der Waals surface area contributed by atoms with Crippen molar-refractivity contribution < 1.29 is 14.3 Å². The van der Waals surface area contributed by atoms with Crippen LogP contribution in [0.25, 0.3) is 0 Å². The number of aryl methyl sites for hydroxylation is 2. The predicted octanol–water partition coefficient (Wildman–Crippen LogP) is 2.17. The third-order valence-corrected chi connectivity index (χ3v) is 4.63. The van der Waals surface area contributed by atoms with Crippen molar-refractivity contribution in [2.24, 2.45) is 11.8 Å². The van der Waals surface area contributed by atoms with Crippen LogP contribution in [0, 0.1) is 25.7 Å². The van der Waals surface area contributed by atoms with Gasteiger partial charge in [-0.15, -0.1) is 0 Å². The monoisotopic (exact) mass is 316 g/mol. The number of carbonyl (C=O) groups excluding carboxylic acids is 2. The average Bonchev–Trinajstić information content (AvgIpc) is 3.16. The third kappa shape index (κ3) is 3.91. The molecule has 2 amide bonds. The Morgan fingerprint density at radius 1 is 1.22 bits per heavy atom. The Kier molecular flexibility index (Phi) is 4.66. The molecular formula is C18H24N2O3. The highest BCUT2D eigenvalue weighted by Crippen LogP contribution is 2.39. The molecule has 3 atom stereocenters. The van der Waals surface area contributed by atoms with Gasteiger partial charge >= 0.3 is 0 Å². The van der Waals surface area contributed by atoms with Crippen LogP contribution in [0.1, 0.15) is 30.4 Å². The minimum absolute atomic E-state index is 0.0266. The van der Waals surface area contributed by atoms with E-state index in [0.29, 0.717) is 13.0 Å². The van der Waals surface area contributed by atoms with Crippen molar-refractivity contribution in [3.63, 3.8) is 0 Å². The van der Waals surface area contributed by atoms with Gasteiger partial charge in [-0.1, -0.05) is 17.7 Å². The molecule has 5 heteroatoms. The van der Waals surface area contributed by atoms with E-state index in [0.717, 1.165) is 30.7 Å². The van der Waals surface area contributed by atoms with Gasteiger partial charge in [0.05, 0.1) is 17.9 Å². The number of rotatable bonds is 5. The van der Waals surface area contributed by atoms with E-state index < -0.39 is 0 Å². The number of carbonyl (C=O) groups is 2. The summed E-state index contributed by atoms with van der Waals surface area (Å²) >= 11 is 0. The number of nitrogens with one attached hydrogen (secondary N) is 2. The summed E-state index contributed by atoms with van der Waals surface area (Å²) < 4.78 is 5.49. The molecule has 23 heavy (non-hydrogen) atoms. The molecule has 1 heterocycles. The summed E-state index contributed by atoms with van der Waals surface area (Å²) in [5.41, 5.74) is 3.03. The minimum atomic E-state index is -0.208. The van der Waals surface area contributed by atoms with Crippen molar-refractivity contribution >= 4 is 17.5 Å². The molecule has 2 aliphatic rings. The molecule has 1 aromatic carbocycles. The maximum absolute atomic E-state index is 12.3. The Hall–Kier alpha value is -1.88. The lowest BCUT2D eigenvalue weighted by Crippen LogP contribution is -2.33. The lowest BCUT2D eigenvalue weighted by atomic mass is 10.1. The van der Waals surface area contributed by atoms with Crippen molar-refractivity contribution in [1.29, 1.82) is 0 Å². The molecule has 0 aromatic heterocycles. The fourth-order valence-corrected chi connectivity index (χ4v) is 3.10. The number of hydrogen-bond donors (Lipinski definition) is 2. The lowest BCUT2D eigenvalue weighted by Gasteiger charge is -2.11. The molecule has 2 fully saturated rings. The SMILES string of the molecule is Cc1ccc(NC(=O)C2CC2C(=O)NCC2CCCO2)c(C)c1. The van der Waals surface area contributed by atoms with Gasteiger partial charge in [0.25, 0.3) is 0 Å². The first kappa shape index (κ1) is 16.0. The maximum atomic E-state index is 12.3. The van der Waals surface area contributed by atoms with Crippen LogP contribution in [0.2, 0.25) is 0 Å². The molecule has 1 saturated heterocycles. The van der Waals surface area contributed by atoms with E-state index in [1.54, 1.807) is 0 Å². The molecular weight excluding hydrogens is 292 g/mol. The van der Waals surface area contributed by atoms with E-state index in [9.17, 15) is 9.59 Å². The first-order valence-corrected chi connectivity index (χ1v) is 8.32. The Balaban J connectivity index is 1.47. The molecule has 3 rings (SSSR count). The van der Waals surface area contributed by atoms with Crippen molar-refractivity contribution in [1.82, 2.24) is 5.32 Å². The first-order chi connectivity index (χ1) is 11.0. The van der Waals surface area contributed by atoms with Crippen molar-refractivity contribution in [3.05, 3.63) is 29.3 Å². The molecule has 2 N–H and O–H groups in total. The molecule has 0 radical (unpaired) electrons. The van der Waals surface area contributed by atoms with Crippen LogP contribution in [0.15, 0.2) is 18.2 Å². The highest BCUT2D eigenvalue weighted by atomic mass is 16.5. The van der Waals surface area contributed by atoms with E-state index in [-0.39, 0.29) is 29.8 Å². The van der Waals surface area contributed by atoms with E-state index >= 15 is 0 Å². The average molecular weight is 316 g/mol. The van der Waals surface area contributed by atoms with Gasteiger partial charge in [-0.2, -0.15) is 0 Å². The third-order valence-electron chi connectivity index (χ3n) is 4.63. The Morgan fingerprint density at radius 3 is 2.70 bits per heavy atom. The molecule has 1 aliphatic carbocycles. The highest BCUT2D eigenvalue weighted by molar-refractivity contribution is 5.99. The fraction of sp³-hybridized carbons (Fsp3) is 0.556. The van der Waals surface area contributed by atoms with E-state index in [1.165, 1.54) is 5.56 Å². The zero-order valence-electron chi connectivity index (χ0n) is 13.7. The standard InChI is InChI=1S/C18H24N2O3/c1-11-5-6-16(12(2)8-11)20-18(22)15-9-14(15)17(21)19-10-13-4-3-7-23-13/h5-6,8,13-15H,3-4,7,9-10H2,1-2H3,(H,19,21)(H,20,22). The number of ether oxygens (including phenoxy) is 1. The Morgan fingerprint density at radius 2 is 2.00 bits per heavy atom. The summed E-state index contributed by atoms with van der Waals surface area (Å²) in [4.78, 5) is 24.4. The molecule has 5 nitrogen and oxygen atoms in total. The summed E-state index contributed by atoms with van der Waals surface area (Å²) in [5, 5.41) is 5.85. The van der Waals surface area contributed by atoms with Gasteiger partial charge in [-0.3, -0.25) is 9.59 Å². The van der Waals surface area contributed by atoms with Crippen LogP contribution in [-0.4, -0.2) is 31.1 Å². The fourth-order valence-electron chi connectivity index (χ4n) is 3.10. The number of amides is 2. The second-order valence-electron chi connectivity index (χ2n) is 6.64. The predicted molar refractivity (Wildman–Crippen MR) is 88.1 cm³/mol. The number of hydrogen-bond acceptors (Lipinski definition) is 3. The summed E-state index contributed by atoms with van der Waals surface area (Å²) in [6.07, 6.45) is 2.83. The zero-order chi connectivity index (χ0) is 16.4. The van der Waals surface area contributed by atoms with Crippen LogP contribution in [0.4, 0.5) is 5.69 Å². The molecule has 124 valence electrons. The molecule has 1 aromatic rings. The van der Waals surface area contributed by atoms with E-state index in [4.69, 9.17) is 4.74 Å². The van der Waals surface area contributed by atoms with Gasteiger partial charge in [-0.05, 0) is 44.7 Å². The van der Waals surface area contributed by atoms with Gasteiger partial charge in [0.1, 0.15) is 0 Å². The van der Waals surface area contributed by atoms with Gasteiger partial charge in [0, 0.05) is 18.8 Å². The Bertz CT molecular complexity index is 608. The first-order valence-electron chi connectivity index (χ1n) is 8.32. The summed E-state index contributed by atoms with van der Waals surface area (Å²) in [5.74, 6) is -0.488. The summed E-state index contributed by atoms with van der Waals surface area (Å²) in [6.45, 7) is 5.33. The van der Waals surface area contributed by atoms with Crippen LogP contribution in [0.5, 0.6) is 0 Å². The van der Waals surface area contributed by atoms with Gasteiger partial charge in [0.2, 0.25) is 11.8 Å². The lowest BCUT2D eigenvalue weighted by molar-refractivity contribution is -0.125. The van der Waals surface area contributed by atoms with Crippen molar-refractivity contribution in [2.45, 2.75) is 39.2 Å². The summed E-state index contributed by atoms with van der Waals surface area (Å²) in [7, 11) is 0. The second-order valence-corrected chi connectivity index (χ2v) is 6.64. The molecule has 3 unspecified atom stereocenters. The van der Waals surface area contributed by atoms with Crippen LogP contribution in [-0.2, 0) is 14.3 Å². The number of anilines is 1. The van der Waals surface area contributed by atoms with E-state index in [1.807, 2.05) is 32.0 Å². The highest BCUT2D eigenvalue weighted by Gasteiger charge is 2.48. The normalized spacial score (nSPS) is 25.9. The zero-order valence-corrected chi connectivity index (χ0v) is 13.7.